The molecule has 3 nitrogen and oxygen atoms in total. The summed E-state index contributed by atoms with van der Waals surface area (Å²) in [5.74, 6) is 0.149. The Labute approximate surface area is 178 Å². The molecule has 0 aliphatic carbocycles. The molecule has 0 radical (unpaired) electrons. The van der Waals surface area contributed by atoms with Crippen LogP contribution in [0.15, 0.2) is 55.0 Å². The van der Waals surface area contributed by atoms with Crippen LogP contribution in [0.4, 0.5) is 0 Å². The molecule has 4 heteroatoms. The van der Waals surface area contributed by atoms with E-state index in [1.54, 1.807) is 0 Å². The Balaban J connectivity index is 2.17. The van der Waals surface area contributed by atoms with E-state index < -0.39 is 0 Å². The first-order valence-corrected chi connectivity index (χ1v) is 10.3. The van der Waals surface area contributed by atoms with E-state index in [1.165, 1.54) is 0 Å². The van der Waals surface area contributed by atoms with E-state index in [2.05, 4.69) is 57.2 Å². The Hall–Kier alpha value is -2.39. The number of hydrogen-bond acceptors (Lipinski definition) is 2. The van der Waals surface area contributed by atoms with Gasteiger partial charge in [-0.1, -0.05) is 44.5 Å². The molecule has 29 heavy (non-hydrogen) atoms. The summed E-state index contributed by atoms with van der Waals surface area (Å²) in [6.07, 6.45) is 4.21. The van der Waals surface area contributed by atoms with Gasteiger partial charge < -0.3 is 4.57 Å². The molecular weight excluding hydrogens is 380 g/mol. The summed E-state index contributed by atoms with van der Waals surface area (Å²) in [5.41, 5.74) is 4.56. The van der Waals surface area contributed by atoms with Crippen molar-refractivity contribution in [3.8, 4) is 22.4 Å². The van der Waals surface area contributed by atoms with Crippen molar-refractivity contribution >= 4 is 17.4 Å². The highest BCUT2D eigenvalue weighted by Gasteiger charge is 2.21. The number of aromatic nitrogens is 2. The van der Waals surface area contributed by atoms with E-state index in [1.807, 2.05) is 48.9 Å². The second kappa shape index (κ2) is 7.79. The van der Waals surface area contributed by atoms with E-state index in [-0.39, 0.29) is 16.7 Å². The standard InChI is InChI=1S/C25H29ClN2O/c1-24(2,3)14-23(29)20-12-18(17-7-9-21(26)10-8-17)11-19(13-20)22-15-27-16-28(22)25(4,5)6/h7-13,15-16H,14H2,1-6H3. The SMILES string of the molecule is CC(C)(C)CC(=O)c1cc(-c2ccc(Cl)cc2)cc(-c2cncn2C(C)(C)C)c1. The van der Waals surface area contributed by atoms with Crippen LogP contribution in [0.1, 0.15) is 58.3 Å². The predicted octanol–water partition coefficient (Wildman–Crippen LogP) is 7.24. The maximum atomic E-state index is 13.1. The van der Waals surface area contributed by atoms with Crippen LogP contribution in [-0.4, -0.2) is 15.3 Å². The summed E-state index contributed by atoms with van der Waals surface area (Å²) in [6, 6.07) is 13.8. The van der Waals surface area contributed by atoms with Gasteiger partial charge >= 0.3 is 0 Å². The molecule has 0 unspecified atom stereocenters. The third kappa shape index (κ3) is 5.16. The largest absolute Gasteiger partial charge is 0.325 e. The van der Waals surface area contributed by atoms with E-state index in [0.29, 0.717) is 11.4 Å². The van der Waals surface area contributed by atoms with E-state index in [0.717, 1.165) is 27.9 Å². The quantitative estimate of drug-likeness (QED) is 0.426. The smallest absolute Gasteiger partial charge is 0.163 e. The lowest BCUT2D eigenvalue weighted by atomic mass is 9.86. The Morgan fingerprint density at radius 3 is 2.14 bits per heavy atom. The van der Waals surface area contributed by atoms with Crippen LogP contribution in [0.25, 0.3) is 22.4 Å². The van der Waals surface area contributed by atoms with Crippen molar-refractivity contribution in [2.75, 3.05) is 0 Å². The zero-order chi connectivity index (χ0) is 21.4. The van der Waals surface area contributed by atoms with Crippen molar-refractivity contribution in [1.82, 2.24) is 9.55 Å². The third-order valence-electron chi connectivity index (χ3n) is 4.78. The molecule has 3 rings (SSSR count). The highest BCUT2D eigenvalue weighted by Crippen LogP contribution is 2.33. The van der Waals surface area contributed by atoms with Crippen LogP contribution in [-0.2, 0) is 5.54 Å². The normalized spacial score (nSPS) is 12.2. The number of halogens is 1. The van der Waals surface area contributed by atoms with Crippen LogP contribution in [0.2, 0.25) is 5.02 Å². The Bertz CT molecular complexity index is 1020. The van der Waals surface area contributed by atoms with Crippen molar-refractivity contribution < 1.29 is 4.79 Å². The Morgan fingerprint density at radius 1 is 0.931 bits per heavy atom. The number of Topliss-reactive ketones (excluding diaryl/α,β-unsaturated/α-hetero) is 1. The number of hydrogen-bond donors (Lipinski definition) is 0. The molecular formula is C25H29ClN2O. The molecule has 1 heterocycles. The van der Waals surface area contributed by atoms with Gasteiger partial charge in [-0.05, 0) is 67.6 Å². The second-order valence-electron chi connectivity index (χ2n) is 9.79. The third-order valence-corrected chi connectivity index (χ3v) is 5.03. The first kappa shape index (κ1) is 21.3. The van der Waals surface area contributed by atoms with Crippen molar-refractivity contribution in [2.45, 2.75) is 53.5 Å². The lowest BCUT2D eigenvalue weighted by Crippen LogP contribution is -2.21. The maximum Gasteiger partial charge on any atom is 0.163 e. The summed E-state index contributed by atoms with van der Waals surface area (Å²) < 4.78 is 2.14. The summed E-state index contributed by atoms with van der Waals surface area (Å²) in [4.78, 5) is 17.4. The van der Waals surface area contributed by atoms with E-state index in [9.17, 15) is 4.79 Å². The zero-order valence-electron chi connectivity index (χ0n) is 18.1. The van der Waals surface area contributed by atoms with Gasteiger partial charge in [0.15, 0.2) is 5.78 Å². The topological polar surface area (TPSA) is 34.9 Å². The molecule has 0 atom stereocenters. The molecule has 0 N–H and O–H groups in total. The lowest BCUT2D eigenvalue weighted by Gasteiger charge is -2.24. The Morgan fingerprint density at radius 2 is 1.55 bits per heavy atom. The predicted molar refractivity (Wildman–Crippen MR) is 122 cm³/mol. The summed E-state index contributed by atoms with van der Waals surface area (Å²) in [6.45, 7) is 12.7. The van der Waals surface area contributed by atoms with Crippen LogP contribution < -0.4 is 0 Å². The average molecular weight is 409 g/mol. The molecule has 1 aromatic heterocycles. The highest BCUT2D eigenvalue weighted by molar-refractivity contribution is 6.30. The first-order valence-electron chi connectivity index (χ1n) is 9.91. The molecule has 0 spiro atoms. The minimum absolute atomic E-state index is 0.0687. The minimum atomic E-state index is -0.113. The Kier molecular flexibility index (Phi) is 5.73. The van der Waals surface area contributed by atoms with Crippen LogP contribution in [0.3, 0.4) is 0 Å². The second-order valence-corrected chi connectivity index (χ2v) is 10.2. The van der Waals surface area contributed by atoms with Crippen molar-refractivity contribution in [2.24, 2.45) is 5.41 Å². The number of benzene rings is 2. The van der Waals surface area contributed by atoms with Gasteiger partial charge in [0.2, 0.25) is 0 Å². The molecule has 0 bridgehead atoms. The van der Waals surface area contributed by atoms with Gasteiger partial charge in [0, 0.05) is 28.1 Å². The molecule has 0 saturated carbocycles. The van der Waals surface area contributed by atoms with Gasteiger partial charge in [-0.3, -0.25) is 4.79 Å². The van der Waals surface area contributed by atoms with Crippen molar-refractivity contribution in [3.63, 3.8) is 0 Å². The lowest BCUT2D eigenvalue weighted by molar-refractivity contribution is 0.0940. The van der Waals surface area contributed by atoms with Crippen LogP contribution in [0.5, 0.6) is 0 Å². The molecule has 3 aromatic rings. The molecule has 0 saturated heterocycles. The van der Waals surface area contributed by atoms with Gasteiger partial charge in [-0.2, -0.15) is 0 Å². The fourth-order valence-electron chi connectivity index (χ4n) is 3.37. The molecule has 2 aromatic carbocycles. The number of ketones is 1. The van der Waals surface area contributed by atoms with Gasteiger partial charge in [-0.15, -0.1) is 0 Å². The zero-order valence-corrected chi connectivity index (χ0v) is 18.8. The molecule has 0 fully saturated rings. The van der Waals surface area contributed by atoms with Gasteiger partial charge in [0.25, 0.3) is 0 Å². The van der Waals surface area contributed by atoms with Crippen molar-refractivity contribution in [1.29, 1.82) is 0 Å². The summed E-state index contributed by atoms with van der Waals surface area (Å²) in [7, 11) is 0. The van der Waals surface area contributed by atoms with Gasteiger partial charge in [-0.25, -0.2) is 4.98 Å². The fourth-order valence-corrected chi connectivity index (χ4v) is 3.50. The summed E-state index contributed by atoms with van der Waals surface area (Å²) in [5, 5.41) is 0.694. The highest BCUT2D eigenvalue weighted by atomic mass is 35.5. The van der Waals surface area contributed by atoms with Crippen LogP contribution >= 0.6 is 11.6 Å². The first-order chi connectivity index (χ1) is 13.4. The molecule has 0 aliphatic heterocycles. The van der Waals surface area contributed by atoms with E-state index in [4.69, 9.17) is 11.6 Å². The maximum absolute atomic E-state index is 13.1. The number of nitrogens with zero attached hydrogens (tertiary/aromatic N) is 2. The number of rotatable bonds is 4. The molecule has 152 valence electrons. The summed E-state index contributed by atoms with van der Waals surface area (Å²) >= 11 is 6.07. The molecule has 0 amide bonds. The van der Waals surface area contributed by atoms with Gasteiger partial charge in [0.05, 0.1) is 18.2 Å². The van der Waals surface area contributed by atoms with Crippen LogP contribution in [0, 0.1) is 5.41 Å². The monoisotopic (exact) mass is 408 g/mol. The van der Waals surface area contributed by atoms with Crippen molar-refractivity contribution in [3.05, 3.63) is 65.6 Å². The fraction of sp³-hybridized carbons (Fsp3) is 0.360. The number of imidazole rings is 1. The van der Waals surface area contributed by atoms with E-state index >= 15 is 0 Å². The number of carbonyl (C=O) groups is 1. The van der Waals surface area contributed by atoms with Gasteiger partial charge in [0.1, 0.15) is 0 Å². The average Bonchev–Trinajstić information content (AvgIpc) is 3.11. The molecule has 0 aliphatic rings. The minimum Gasteiger partial charge on any atom is -0.325 e. The number of carbonyl (C=O) groups excluding carboxylic acids is 1.